The van der Waals surface area contributed by atoms with Gasteiger partial charge in [-0.1, -0.05) is 38.0 Å². The van der Waals surface area contributed by atoms with Crippen molar-refractivity contribution in [2.75, 3.05) is 0 Å². The first-order valence-corrected chi connectivity index (χ1v) is 7.37. The number of carbonyl (C=O) groups is 1. The van der Waals surface area contributed by atoms with Gasteiger partial charge in [-0.25, -0.2) is 0 Å². The molecule has 3 aliphatic carbocycles. The monoisotopic (exact) mass is 269 g/mol. The summed E-state index contributed by atoms with van der Waals surface area (Å²) in [5.74, 6) is 2.76. The molecule has 2 nitrogen and oxygen atoms in total. The molecule has 20 heavy (non-hydrogen) atoms. The lowest BCUT2D eigenvalue weighted by atomic mass is 9.60. The van der Waals surface area contributed by atoms with Crippen molar-refractivity contribution in [1.82, 2.24) is 0 Å². The van der Waals surface area contributed by atoms with Crippen molar-refractivity contribution in [2.45, 2.75) is 38.6 Å². The van der Waals surface area contributed by atoms with Gasteiger partial charge in [0.1, 0.15) is 5.78 Å². The van der Waals surface area contributed by atoms with Gasteiger partial charge in [0, 0.05) is 23.3 Å². The number of ketones is 1. The highest BCUT2D eigenvalue weighted by molar-refractivity contribution is 5.89. The van der Waals surface area contributed by atoms with E-state index < -0.39 is 5.54 Å². The highest BCUT2D eigenvalue weighted by atomic mass is 16.1. The van der Waals surface area contributed by atoms with Gasteiger partial charge in [-0.2, -0.15) is 0 Å². The van der Waals surface area contributed by atoms with Crippen LogP contribution >= 0.6 is 0 Å². The highest BCUT2D eigenvalue weighted by Crippen LogP contribution is 2.74. The molecule has 0 aromatic rings. The van der Waals surface area contributed by atoms with Crippen LogP contribution in [0, 0.1) is 40.9 Å². The maximum atomic E-state index is 12.6. The summed E-state index contributed by atoms with van der Waals surface area (Å²) in [6.45, 7) is 12.7. The van der Waals surface area contributed by atoms with Crippen LogP contribution in [0.3, 0.4) is 0 Å². The van der Waals surface area contributed by atoms with Crippen molar-refractivity contribution in [3.63, 3.8) is 0 Å². The van der Waals surface area contributed by atoms with E-state index in [-0.39, 0.29) is 34.4 Å². The summed E-state index contributed by atoms with van der Waals surface area (Å²) in [7, 11) is 0. The Labute approximate surface area is 121 Å². The van der Waals surface area contributed by atoms with Crippen LogP contribution in [-0.2, 0) is 4.79 Å². The fraction of sp³-hybridized carbons (Fsp3) is 0.611. The summed E-state index contributed by atoms with van der Waals surface area (Å²) in [5, 5.41) is 0. The van der Waals surface area contributed by atoms with Gasteiger partial charge >= 0.3 is 0 Å². The molecule has 3 aliphatic rings. The van der Waals surface area contributed by atoms with Gasteiger partial charge in [-0.15, -0.1) is 13.0 Å². The van der Waals surface area contributed by atoms with E-state index in [0.717, 1.165) is 18.4 Å². The highest BCUT2D eigenvalue weighted by Gasteiger charge is 2.76. The molecule has 2 bridgehead atoms. The number of allylic oxidation sites excluding steroid dienone is 1. The lowest BCUT2D eigenvalue weighted by Crippen LogP contribution is -2.58. The molecule has 2 heteroatoms. The van der Waals surface area contributed by atoms with E-state index >= 15 is 0 Å². The summed E-state index contributed by atoms with van der Waals surface area (Å²) in [6, 6.07) is 0. The second-order valence-electron chi connectivity index (χ2n) is 7.34. The average Bonchev–Trinajstić information content (AvgIpc) is 2.71. The third-order valence-electron chi connectivity index (χ3n) is 6.75. The Morgan fingerprint density at radius 3 is 2.70 bits per heavy atom. The number of rotatable bonds is 1. The lowest BCUT2D eigenvalue weighted by molar-refractivity contribution is -0.125. The maximum absolute atomic E-state index is 12.6. The molecular formula is C18H23NO. The molecule has 0 aromatic heterocycles. The first kappa shape index (κ1) is 13.6. The minimum atomic E-state index is -0.401. The van der Waals surface area contributed by atoms with Crippen LogP contribution < -0.4 is 5.73 Å². The number of fused-ring (bicyclic) bond motifs is 1. The molecule has 0 heterocycles. The molecule has 3 saturated carbocycles. The minimum absolute atomic E-state index is 0.00139. The Bertz CT molecular complexity index is 566. The molecule has 0 unspecified atom stereocenters. The first-order valence-electron chi connectivity index (χ1n) is 7.37. The second-order valence-corrected chi connectivity index (χ2v) is 7.34. The third-order valence-corrected chi connectivity index (χ3v) is 6.75. The third kappa shape index (κ3) is 1.08. The van der Waals surface area contributed by atoms with Crippen LogP contribution in [0.25, 0.3) is 0 Å². The van der Waals surface area contributed by atoms with Crippen LogP contribution in [0.4, 0.5) is 0 Å². The molecule has 0 aromatic carbocycles. The van der Waals surface area contributed by atoms with Gasteiger partial charge in [-0.05, 0) is 24.2 Å². The van der Waals surface area contributed by atoms with E-state index in [4.69, 9.17) is 12.2 Å². The first-order chi connectivity index (χ1) is 9.28. The zero-order chi connectivity index (χ0) is 14.9. The van der Waals surface area contributed by atoms with Gasteiger partial charge < -0.3 is 5.73 Å². The number of Topliss-reactive ketones (excluding diaryl/α,β-unsaturated/α-hetero) is 1. The maximum Gasteiger partial charge on any atom is 0.149 e. The normalized spacial score (nSPS) is 48.8. The zero-order valence-corrected chi connectivity index (χ0v) is 12.4. The number of nitrogens with two attached hydrogens (primary N) is 1. The molecule has 0 saturated heterocycles. The van der Waals surface area contributed by atoms with Crippen molar-refractivity contribution in [3.8, 4) is 12.3 Å². The van der Waals surface area contributed by atoms with Gasteiger partial charge in [-0.3, -0.25) is 4.79 Å². The van der Waals surface area contributed by atoms with E-state index in [1.807, 2.05) is 6.08 Å². The summed E-state index contributed by atoms with van der Waals surface area (Å²) < 4.78 is 0. The van der Waals surface area contributed by atoms with E-state index in [2.05, 4.69) is 32.9 Å². The van der Waals surface area contributed by atoms with Crippen molar-refractivity contribution in [2.24, 2.45) is 34.3 Å². The molecule has 3 fully saturated rings. The zero-order valence-electron chi connectivity index (χ0n) is 12.4. The van der Waals surface area contributed by atoms with E-state index in [1.54, 1.807) is 0 Å². The summed E-state index contributed by atoms with van der Waals surface area (Å²) in [5.41, 5.74) is 7.10. The van der Waals surface area contributed by atoms with E-state index in [0.29, 0.717) is 6.42 Å². The quantitative estimate of drug-likeness (QED) is 0.587. The largest absolute Gasteiger partial charge is 0.324 e. The molecule has 5 atom stereocenters. The molecule has 1 spiro atoms. The van der Waals surface area contributed by atoms with Gasteiger partial charge in [0.15, 0.2) is 0 Å². The molecule has 106 valence electrons. The van der Waals surface area contributed by atoms with E-state index in [9.17, 15) is 4.79 Å². The molecule has 0 amide bonds. The predicted molar refractivity (Wildman–Crippen MR) is 80.6 cm³/mol. The molecule has 0 aliphatic heterocycles. The standard InChI is InChI=1S/C18H23NO/c1-6-12-8-9-18(19)16(4,5)15-11(3)17(12,18)10-14(20)13(15)7-2/h2,6,12-13,15H,1,3,8-10,19H2,4-5H3/t12-,13-,15-,17-,18+/m0/s1. The van der Waals surface area contributed by atoms with Crippen LogP contribution in [0.2, 0.25) is 0 Å². The fourth-order valence-electron chi connectivity index (χ4n) is 5.69. The molecular weight excluding hydrogens is 246 g/mol. The minimum Gasteiger partial charge on any atom is -0.324 e. The van der Waals surface area contributed by atoms with E-state index in [1.165, 1.54) is 0 Å². The van der Waals surface area contributed by atoms with Gasteiger partial charge in [0.25, 0.3) is 0 Å². The average molecular weight is 269 g/mol. The fourth-order valence-corrected chi connectivity index (χ4v) is 5.69. The van der Waals surface area contributed by atoms with Crippen LogP contribution in [-0.4, -0.2) is 11.3 Å². The number of hydrogen-bond donors (Lipinski definition) is 1. The van der Waals surface area contributed by atoms with Crippen molar-refractivity contribution in [1.29, 1.82) is 0 Å². The van der Waals surface area contributed by atoms with Crippen molar-refractivity contribution in [3.05, 3.63) is 24.8 Å². The van der Waals surface area contributed by atoms with Crippen LogP contribution in [0.1, 0.15) is 33.1 Å². The SMILES string of the molecule is C#C[C@H]1C(=O)C[C@@]23C(=C)[C@@H]1C(C)(C)[C@]2(N)CC[C@@H]3C=C. The summed E-state index contributed by atoms with van der Waals surface area (Å²) in [4.78, 5) is 12.6. The number of terminal acetylenes is 1. The van der Waals surface area contributed by atoms with Crippen molar-refractivity contribution >= 4 is 5.78 Å². The second kappa shape index (κ2) is 3.65. The Kier molecular flexibility index (Phi) is 2.49. The number of carbonyl (C=O) groups excluding carboxylic acids is 1. The summed E-state index contributed by atoms with van der Waals surface area (Å²) >= 11 is 0. The molecule has 2 N–H and O–H groups in total. The Hall–Kier alpha value is -1.33. The molecule has 0 radical (unpaired) electrons. The van der Waals surface area contributed by atoms with Crippen LogP contribution in [0.15, 0.2) is 24.8 Å². The predicted octanol–water partition coefficient (Wildman–Crippen LogP) is 2.70. The Morgan fingerprint density at radius 2 is 2.15 bits per heavy atom. The number of hydrogen-bond acceptors (Lipinski definition) is 2. The Morgan fingerprint density at radius 1 is 1.50 bits per heavy atom. The Balaban J connectivity index is 2.29. The topological polar surface area (TPSA) is 43.1 Å². The smallest absolute Gasteiger partial charge is 0.149 e. The van der Waals surface area contributed by atoms with Crippen LogP contribution in [0.5, 0.6) is 0 Å². The van der Waals surface area contributed by atoms with Crippen molar-refractivity contribution < 1.29 is 4.79 Å². The lowest BCUT2D eigenvalue weighted by Gasteiger charge is -2.46. The van der Waals surface area contributed by atoms with Gasteiger partial charge in [0.2, 0.25) is 0 Å². The van der Waals surface area contributed by atoms with Gasteiger partial charge in [0.05, 0.1) is 5.92 Å². The molecule has 3 rings (SSSR count). The summed E-state index contributed by atoms with van der Waals surface area (Å²) in [6.07, 6.45) is 9.96.